The standard InChI is InChI=1S/C9H14N2O/c1-3-4-8(2)11-6-5-10-7-9(11)12/h5-8H,3-4H2,1-2H3. The van der Waals surface area contributed by atoms with Crippen molar-refractivity contribution in [2.45, 2.75) is 32.7 Å². The van der Waals surface area contributed by atoms with Crippen molar-refractivity contribution in [2.24, 2.45) is 0 Å². The van der Waals surface area contributed by atoms with Gasteiger partial charge in [-0.2, -0.15) is 0 Å². The first-order chi connectivity index (χ1) is 5.75. The lowest BCUT2D eigenvalue weighted by Crippen LogP contribution is -2.21. The van der Waals surface area contributed by atoms with Gasteiger partial charge in [-0.1, -0.05) is 13.3 Å². The van der Waals surface area contributed by atoms with Crippen LogP contribution in [0.15, 0.2) is 23.4 Å². The summed E-state index contributed by atoms with van der Waals surface area (Å²) in [6.45, 7) is 4.16. The van der Waals surface area contributed by atoms with Gasteiger partial charge in [0, 0.05) is 18.4 Å². The Hall–Kier alpha value is -1.12. The highest BCUT2D eigenvalue weighted by atomic mass is 16.1. The molecule has 0 amide bonds. The number of hydrogen-bond acceptors (Lipinski definition) is 2. The fraction of sp³-hybridized carbons (Fsp3) is 0.556. The van der Waals surface area contributed by atoms with Crippen LogP contribution < -0.4 is 5.56 Å². The molecule has 1 heterocycles. The summed E-state index contributed by atoms with van der Waals surface area (Å²) in [5.41, 5.74) is -0.0153. The Morgan fingerprint density at radius 3 is 3.00 bits per heavy atom. The van der Waals surface area contributed by atoms with Gasteiger partial charge >= 0.3 is 0 Å². The van der Waals surface area contributed by atoms with Crippen LogP contribution in [-0.2, 0) is 0 Å². The lowest BCUT2D eigenvalue weighted by Gasteiger charge is -2.12. The van der Waals surface area contributed by atoms with Crippen molar-refractivity contribution < 1.29 is 0 Å². The van der Waals surface area contributed by atoms with E-state index in [2.05, 4.69) is 11.9 Å². The van der Waals surface area contributed by atoms with Gasteiger partial charge in [-0.3, -0.25) is 9.78 Å². The minimum atomic E-state index is -0.0153. The van der Waals surface area contributed by atoms with Crippen molar-refractivity contribution in [2.75, 3.05) is 0 Å². The highest BCUT2D eigenvalue weighted by Crippen LogP contribution is 2.08. The summed E-state index contributed by atoms with van der Waals surface area (Å²) in [6, 6.07) is 0.283. The Balaban J connectivity index is 2.87. The topological polar surface area (TPSA) is 34.9 Å². The van der Waals surface area contributed by atoms with E-state index in [1.54, 1.807) is 17.0 Å². The zero-order valence-electron chi connectivity index (χ0n) is 7.53. The van der Waals surface area contributed by atoms with Crippen LogP contribution in [0, 0.1) is 0 Å². The first-order valence-electron chi connectivity index (χ1n) is 4.28. The fourth-order valence-electron chi connectivity index (χ4n) is 1.28. The first-order valence-corrected chi connectivity index (χ1v) is 4.28. The van der Waals surface area contributed by atoms with Gasteiger partial charge in [-0.25, -0.2) is 0 Å². The number of hydrogen-bond donors (Lipinski definition) is 0. The molecule has 1 aromatic rings. The summed E-state index contributed by atoms with van der Waals surface area (Å²) in [5.74, 6) is 0. The Morgan fingerprint density at radius 1 is 1.67 bits per heavy atom. The SMILES string of the molecule is CCCC(C)n1ccncc1=O. The molecule has 0 aliphatic carbocycles. The van der Waals surface area contributed by atoms with Gasteiger partial charge in [0.1, 0.15) is 0 Å². The summed E-state index contributed by atoms with van der Waals surface area (Å²) in [6.07, 6.45) is 6.86. The molecule has 0 radical (unpaired) electrons. The normalized spacial score (nSPS) is 12.8. The smallest absolute Gasteiger partial charge is 0.269 e. The van der Waals surface area contributed by atoms with Gasteiger partial charge in [0.25, 0.3) is 5.56 Å². The fourth-order valence-corrected chi connectivity index (χ4v) is 1.28. The average molecular weight is 166 g/mol. The van der Waals surface area contributed by atoms with E-state index in [4.69, 9.17) is 0 Å². The van der Waals surface area contributed by atoms with Crippen LogP contribution in [0.3, 0.4) is 0 Å². The van der Waals surface area contributed by atoms with Crippen LogP contribution in [0.2, 0.25) is 0 Å². The third-order valence-electron chi connectivity index (χ3n) is 1.93. The summed E-state index contributed by atoms with van der Waals surface area (Å²) < 4.78 is 1.72. The van der Waals surface area contributed by atoms with E-state index in [0.29, 0.717) is 0 Å². The predicted octanol–water partition coefficient (Wildman–Crippen LogP) is 1.60. The summed E-state index contributed by atoms with van der Waals surface area (Å²) in [5, 5.41) is 0. The quantitative estimate of drug-likeness (QED) is 0.683. The molecule has 0 spiro atoms. The Labute approximate surface area is 72.1 Å². The molecule has 1 aromatic heterocycles. The molecule has 0 aliphatic heterocycles. The largest absolute Gasteiger partial charge is 0.310 e. The van der Waals surface area contributed by atoms with Gasteiger partial charge in [0.05, 0.1) is 6.20 Å². The number of rotatable bonds is 3. The molecule has 12 heavy (non-hydrogen) atoms. The molecule has 1 unspecified atom stereocenters. The summed E-state index contributed by atoms with van der Waals surface area (Å²) in [7, 11) is 0. The Morgan fingerprint density at radius 2 is 2.42 bits per heavy atom. The maximum absolute atomic E-state index is 11.2. The van der Waals surface area contributed by atoms with E-state index < -0.39 is 0 Å². The lowest BCUT2D eigenvalue weighted by atomic mass is 10.2. The molecule has 0 bridgehead atoms. The van der Waals surface area contributed by atoms with Crippen molar-refractivity contribution in [3.63, 3.8) is 0 Å². The van der Waals surface area contributed by atoms with Gasteiger partial charge in [-0.15, -0.1) is 0 Å². The Bertz CT molecular complexity index is 293. The molecule has 0 N–H and O–H groups in total. The van der Waals surface area contributed by atoms with E-state index in [1.165, 1.54) is 6.20 Å². The average Bonchev–Trinajstić information content (AvgIpc) is 2.05. The van der Waals surface area contributed by atoms with Gasteiger partial charge in [0.2, 0.25) is 0 Å². The molecular weight excluding hydrogens is 152 g/mol. The third kappa shape index (κ3) is 1.94. The van der Waals surface area contributed by atoms with Crippen LogP contribution in [0.5, 0.6) is 0 Å². The molecule has 66 valence electrons. The second-order valence-electron chi connectivity index (χ2n) is 2.96. The zero-order valence-corrected chi connectivity index (χ0v) is 7.53. The number of nitrogens with zero attached hydrogens (tertiary/aromatic N) is 2. The van der Waals surface area contributed by atoms with Crippen LogP contribution in [-0.4, -0.2) is 9.55 Å². The van der Waals surface area contributed by atoms with Gasteiger partial charge < -0.3 is 4.57 Å². The van der Waals surface area contributed by atoms with Crippen LogP contribution in [0.1, 0.15) is 32.7 Å². The zero-order chi connectivity index (χ0) is 8.97. The molecule has 0 saturated carbocycles. The van der Waals surface area contributed by atoms with Crippen LogP contribution in [0.25, 0.3) is 0 Å². The van der Waals surface area contributed by atoms with Gasteiger partial charge in [0.15, 0.2) is 0 Å². The van der Waals surface area contributed by atoms with E-state index in [0.717, 1.165) is 12.8 Å². The van der Waals surface area contributed by atoms with E-state index in [-0.39, 0.29) is 11.6 Å². The maximum atomic E-state index is 11.2. The minimum Gasteiger partial charge on any atom is -0.310 e. The summed E-state index contributed by atoms with van der Waals surface area (Å²) >= 11 is 0. The van der Waals surface area contributed by atoms with Crippen molar-refractivity contribution in [3.8, 4) is 0 Å². The highest BCUT2D eigenvalue weighted by molar-refractivity contribution is 4.83. The minimum absolute atomic E-state index is 0.0153. The monoisotopic (exact) mass is 166 g/mol. The van der Waals surface area contributed by atoms with Crippen LogP contribution in [0.4, 0.5) is 0 Å². The van der Waals surface area contributed by atoms with E-state index in [1.807, 2.05) is 6.92 Å². The molecule has 1 rings (SSSR count). The number of aromatic nitrogens is 2. The second-order valence-corrected chi connectivity index (χ2v) is 2.96. The van der Waals surface area contributed by atoms with Crippen molar-refractivity contribution >= 4 is 0 Å². The van der Waals surface area contributed by atoms with Crippen molar-refractivity contribution in [1.82, 2.24) is 9.55 Å². The van der Waals surface area contributed by atoms with E-state index >= 15 is 0 Å². The molecule has 0 aliphatic rings. The van der Waals surface area contributed by atoms with Crippen molar-refractivity contribution in [3.05, 3.63) is 28.9 Å². The lowest BCUT2D eigenvalue weighted by molar-refractivity contribution is 0.484. The maximum Gasteiger partial charge on any atom is 0.269 e. The second kappa shape index (κ2) is 4.04. The van der Waals surface area contributed by atoms with Crippen LogP contribution >= 0.6 is 0 Å². The van der Waals surface area contributed by atoms with Gasteiger partial charge in [-0.05, 0) is 13.3 Å². The molecule has 1 atom stereocenters. The molecular formula is C9H14N2O. The van der Waals surface area contributed by atoms with E-state index in [9.17, 15) is 4.79 Å². The molecule has 0 aromatic carbocycles. The molecule has 0 saturated heterocycles. The molecule has 3 nitrogen and oxygen atoms in total. The third-order valence-corrected chi connectivity index (χ3v) is 1.93. The Kier molecular flexibility index (Phi) is 3.02. The highest BCUT2D eigenvalue weighted by Gasteiger charge is 2.03. The molecule has 3 heteroatoms. The van der Waals surface area contributed by atoms with Crippen molar-refractivity contribution in [1.29, 1.82) is 0 Å². The summed E-state index contributed by atoms with van der Waals surface area (Å²) in [4.78, 5) is 15.0. The predicted molar refractivity (Wildman–Crippen MR) is 48.1 cm³/mol. The molecule has 0 fully saturated rings. The first kappa shape index (κ1) is 8.97.